The first-order valence-electron chi connectivity index (χ1n) is 5.13. The van der Waals surface area contributed by atoms with Crippen molar-refractivity contribution in [1.29, 1.82) is 0 Å². The van der Waals surface area contributed by atoms with Gasteiger partial charge in [0.1, 0.15) is 5.82 Å². The van der Waals surface area contributed by atoms with Crippen LogP contribution in [-0.2, 0) is 5.54 Å². The third kappa shape index (κ3) is 1.34. The molecule has 0 aliphatic heterocycles. The molecule has 2 N–H and O–H groups in total. The Morgan fingerprint density at radius 2 is 2.29 bits per heavy atom. The smallest absolute Gasteiger partial charge is 0.123 e. The molecular formula is C12H16FN. The minimum atomic E-state index is -0.177. The van der Waals surface area contributed by atoms with Gasteiger partial charge in [0.25, 0.3) is 0 Å². The zero-order valence-corrected chi connectivity index (χ0v) is 8.68. The van der Waals surface area contributed by atoms with Gasteiger partial charge in [-0.3, -0.25) is 0 Å². The molecule has 0 amide bonds. The van der Waals surface area contributed by atoms with Gasteiger partial charge in [-0.2, -0.15) is 0 Å². The van der Waals surface area contributed by atoms with Crippen LogP contribution in [0.4, 0.5) is 4.39 Å². The van der Waals surface area contributed by atoms with E-state index in [-0.39, 0.29) is 11.4 Å². The summed E-state index contributed by atoms with van der Waals surface area (Å²) in [6.07, 6.45) is 2.14. The van der Waals surface area contributed by atoms with Crippen molar-refractivity contribution in [2.45, 2.75) is 32.2 Å². The summed E-state index contributed by atoms with van der Waals surface area (Å²) in [6.45, 7) is 4.08. The highest BCUT2D eigenvalue weighted by Crippen LogP contribution is 2.52. The average molecular weight is 193 g/mol. The second kappa shape index (κ2) is 3.06. The maximum absolute atomic E-state index is 12.9. The Labute approximate surface area is 84.1 Å². The molecule has 1 aliphatic rings. The summed E-state index contributed by atoms with van der Waals surface area (Å²) in [7, 11) is 0. The van der Waals surface area contributed by atoms with Gasteiger partial charge in [0.05, 0.1) is 0 Å². The predicted octanol–water partition coefficient (Wildman–Crippen LogP) is 2.72. The van der Waals surface area contributed by atoms with Gasteiger partial charge in [0.15, 0.2) is 0 Å². The topological polar surface area (TPSA) is 26.0 Å². The highest BCUT2D eigenvalue weighted by molar-refractivity contribution is 5.38. The van der Waals surface area contributed by atoms with Crippen molar-refractivity contribution < 1.29 is 4.39 Å². The third-order valence-corrected chi connectivity index (χ3v) is 3.34. The third-order valence-electron chi connectivity index (χ3n) is 3.34. The molecular weight excluding hydrogens is 177 g/mol. The molecule has 1 saturated carbocycles. The van der Waals surface area contributed by atoms with E-state index in [9.17, 15) is 4.39 Å². The largest absolute Gasteiger partial charge is 0.321 e. The van der Waals surface area contributed by atoms with Crippen molar-refractivity contribution in [3.63, 3.8) is 0 Å². The molecule has 76 valence electrons. The van der Waals surface area contributed by atoms with E-state index < -0.39 is 0 Å². The Morgan fingerprint density at radius 1 is 1.57 bits per heavy atom. The summed E-state index contributed by atoms with van der Waals surface area (Å²) >= 11 is 0. The lowest BCUT2D eigenvalue weighted by molar-refractivity contribution is 0.600. The number of hydrogen-bond donors (Lipinski definition) is 1. The van der Waals surface area contributed by atoms with Gasteiger partial charge in [-0.25, -0.2) is 4.39 Å². The quantitative estimate of drug-likeness (QED) is 0.767. The van der Waals surface area contributed by atoms with Crippen LogP contribution in [0.2, 0.25) is 0 Å². The highest BCUT2D eigenvalue weighted by Gasteiger charge is 2.51. The Balaban J connectivity index is 2.34. The summed E-state index contributed by atoms with van der Waals surface area (Å²) in [5.41, 5.74) is 8.17. The molecule has 1 fully saturated rings. The van der Waals surface area contributed by atoms with Gasteiger partial charge >= 0.3 is 0 Å². The van der Waals surface area contributed by atoms with Crippen LogP contribution in [0, 0.1) is 18.7 Å². The van der Waals surface area contributed by atoms with Crippen LogP contribution < -0.4 is 5.73 Å². The van der Waals surface area contributed by atoms with Crippen LogP contribution in [0.1, 0.15) is 30.9 Å². The van der Waals surface area contributed by atoms with Crippen LogP contribution in [0.3, 0.4) is 0 Å². The lowest BCUT2D eigenvalue weighted by Crippen LogP contribution is -2.23. The number of halogens is 1. The maximum Gasteiger partial charge on any atom is 0.123 e. The Hall–Kier alpha value is -0.890. The SMILES string of the molecule is CCC1CC1(N)c1ccc(F)cc1C. The van der Waals surface area contributed by atoms with Crippen molar-refractivity contribution in [2.24, 2.45) is 11.7 Å². The summed E-state index contributed by atoms with van der Waals surface area (Å²) in [5, 5.41) is 0. The van der Waals surface area contributed by atoms with Gasteiger partial charge < -0.3 is 5.73 Å². The normalized spacial score (nSPS) is 30.4. The number of rotatable bonds is 2. The molecule has 0 heterocycles. The molecule has 14 heavy (non-hydrogen) atoms. The molecule has 2 heteroatoms. The molecule has 1 aromatic rings. The number of benzene rings is 1. The van der Waals surface area contributed by atoms with E-state index in [1.165, 1.54) is 6.07 Å². The predicted molar refractivity (Wildman–Crippen MR) is 55.4 cm³/mol. The summed E-state index contributed by atoms with van der Waals surface area (Å²) < 4.78 is 12.9. The molecule has 2 unspecified atom stereocenters. The molecule has 1 aliphatic carbocycles. The fourth-order valence-corrected chi connectivity index (χ4v) is 2.34. The van der Waals surface area contributed by atoms with Gasteiger partial charge in [0, 0.05) is 5.54 Å². The van der Waals surface area contributed by atoms with Crippen LogP contribution in [0.25, 0.3) is 0 Å². The van der Waals surface area contributed by atoms with Crippen molar-refractivity contribution in [1.82, 2.24) is 0 Å². The molecule has 1 aromatic carbocycles. The summed E-state index contributed by atoms with van der Waals surface area (Å²) in [4.78, 5) is 0. The first-order valence-corrected chi connectivity index (χ1v) is 5.13. The van der Waals surface area contributed by atoms with E-state index >= 15 is 0 Å². The van der Waals surface area contributed by atoms with Crippen LogP contribution >= 0.6 is 0 Å². The molecule has 0 spiro atoms. The van der Waals surface area contributed by atoms with E-state index in [4.69, 9.17) is 5.73 Å². The standard InChI is InChI=1S/C12H16FN/c1-3-9-7-12(9,14)11-5-4-10(13)6-8(11)2/h4-6,9H,3,7,14H2,1-2H3. The molecule has 1 nitrogen and oxygen atoms in total. The zero-order chi connectivity index (χ0) is 10.3. The van der Waals surface area contributed by atoms with Crippen LogP contribution in [0.5, 0.6) is 0 Å². The van der Waals surface area contributed by atoms with E-state index in [1.54, 1.807) is 6.07 Å². The first kappa shape index (κ1) is 9.66. The van der Waals surface area contributed by atoms with Crippen molar-refractivity contribution in [2.75, 3.05) is 0 Å². The Kier molecular flexibility index (Phi) is 2.11. The van der Waals surface area contributed by atoms with Gasteiger partial charge in [-0.15, -0.1) is 0 Å². The minimum Gasteiger partial charge on any atom is -0.321 e. The van der Waals surface area contributed by atoms with E-state index in [1.807, 2.05) is 13.0 Å². The lowest BCUT2D eigenvalue weighted by atomic mass is 9.97. The molecule has 0 radical (unpaired) electrons. The Morgan fingerprint density at radius 3 is 2.79 bits per heavy atom. The summed E-state index contributed by atoms with van der Waals surface area (Å²) in [5.74, 6) is 0.398. The zero-order valence-electron chi connectivity index (χ0n) is 8.68. The van der Waals surface area contributed by atoms with Crippen molar-refractivity contribution >= 4 is 0 Å². The molecule has 0 saturated heterocycles. The first-order chi connectivity index (χ1) is 6.58. The van der Waals surface area contributed by atoms with E-state index in [2.05, 4.69) is 6.92 Å². The fraction of sp³-hybridized carbons (Fsp3) is 0.500. The fourth-order valence-electron chi connectivity index (χ4n) is 2.34. The summed E-state index contributed by atoms with van der Waals surface area (Å²) in [6, 6.07) is 4.90. The molecule has 0 aromatic heterocycles. The second-order valence-electron chi connectivity index (χ2n) is 4.31. The molecule has 0 bridgehead atoms. The van der Waals surface area contributed by atoms with Crippen LogP contribution in [0.15, 0.2) is 18.2 Å². The molecule has 2 atom stereocenters. The second-order valence-corrected chi connectivity index (χ2v) is 4.31. The monoisotopic (exact) mass is 193 g/mol. The van der Waals surface area contributed by atoms with E-state index in [0.717, 1.165) is 24.0 Å². The number of nitrogens with two attached hydrogens (primary N) is 1. The highest BCUT2D eigenvalue weighted by atomic mass is 19.1. The minimum absolute atomic E-state index is 0.174. The van der Waals surface area contributed by atoms with Gasteiger partial charge in [-0.05, 0) is 42.5 Å². The number of hydrogen-bond acceptors (Lipinski definition) is 1. The Bertz CT molecular complexity index is 361. The maximum atomic E-state index is 12.9. The van der Waals surface area contributed by atoms with Crippen molar-refractivity contribution in [3.05, 3.63) is 35.1 Å². The van der Waals surface area contributed by atoms with Gasteiger partial charge in [0.2, 0.25) is 0 Å². The number of aryl methyl sites for hydroxylation is 1. The van der Waals surface area contributed by atoms with Crippen LogP contribution in [-0.4, -0.2) is 0 Å². The van der Waals surface area contributed by atoms with E-state index in [0.29, 0.717) is 5.92 Å². The lowest BCUT2D eigenvalue weighted by Gasteiger charge is -2.14. The molecule has 2 rings (SSSR count). The average Bonchev–Trinajstić information content (AvgIpc) is 2.77. The van der Waals surface area contributed by atoms with Crippen molar-refractivity contribution in [3.8, 4) is 0 Å². The van der Waals surface area contributed by atoms with Gasteiger partial charge in [-0.1, -0.05) is 19.4 Å².